The molecule has 252 valence electrons. The quantitative estimate of drug-likeness (QED) is 0.177. The lowest BCUT2D eigenvalue weighted by molar-refractivity contribution is -0.140. The molecule has 1 atom stereocenters. The van der Waals surface area contributed by atoms with Crippen LogP contribution < -0.4 is 14.4 Å². The second-order valence-electron chi connectivity index (χ2n) is 12.2. The van der Waals surface area contributed by atoms with Crippen LogP contribution in [0.25, 0.3) is 0 Å². The van der Waals surface area contributed by atoms with Crippen LogP contribution in [-0.2, 0) is 32.6 Å². The fraction of sp³-hybridized carbons (Fsp3) is 0.316. The van der Waals surface area contributed by atoms with Gasteiger partial charge in [0.1, 0.15) is 24.2 Å². The Bertz CT molecular complexity index is 1760. The fourth-order valence-electron chi connectivity index (χ4n) is 6.00. The van der Waals surface area contributed by atoms with Crippen LogP contribution in [0, 0.1) is 12.7 Å². The lowest BCUT2D eigenvalue weighted by Gasteiger charge is -2.35. The van der Waals surface area contributed by atoms with Gasteiger partial charge in [-0.05, 0) is 79.4 Å². The number of carbonyl (C=O) groups is 2. The van der Waals surface area contributed by atoms with Crippen LogP contribution in [0.5, 0.6) is 5.75 Å². The first kappa shape index (κ1) is 34.6. The van der Waals surface area contributed by atoms with Crippen LogP contribution in [0.15, 0.2) is 108 Å². The number of sulfonamides is 1. The van der Waals surface area contributed by atoms with E-state index < -0.39 is 34.3 Å². The summed E-state index contributed by atoms with van der Waals surface area (Å²) in [5.74, 6) is -0.931. The number of nitrogens with zero attached hydrogens (tertiary/aromatic N) is 2. The van der Waals surface area contributed by atoms with Crippen molar-refractivity contribution in [3.8, 4) is 5.75 Å². The van der Waals surface area contributed by atoms with Gasteiger partial charge in [0.15, 0.2) is 0 Å². The van der Waals surface area contributed by atoms with E-state index in [1.807, 2.05) is 61.5 Å². The molecule has 0 bridgehead atoms. The summed E-state index contributed by atoms with van der Waals surface area (Å²) in [7, 11) is -2.84. The molecule has 2 amide bonds. The Morgan fingerprint density at radius 2 is 1.50 bits per heavy atom. The molecular weight excluding hydrogens is 629 g/mol. The molecule has 48 heavy (non-hydrogen) atoms. The van der Waals surface area contributed by atoms with E-state index in [1.165, 1.54) is 48.4 Å². The van der Waals surface area contributed by atoms with Crippen molar-refractivity contribution in [1.82, 2.24) is 10.2 Å². The SMILES string of the molecule is COc1ccc(S(=O)(=O)N(CC(=O)N(Cc2ccc(C)cc2)[C@H](Cc2ccccc2)C(=O)NC2CCCCC2)c2ccc(F)cc2)cc1. The van der Waals surface area contributed by atoms with Gasteiger partial charge in [-0.1, -0.05) is 79.4 Å². The Morgan fingerprint density at radius 3 is 2.12 bits per heavy atom. The van der Waals surface area contributed by atoms with E-state index in [4.69, 9.17) is 4.74 Å². The van der Waals surface area contributed by atoms with Crippen molar-refractivity contribution >= 4 is 27.5 Å². The van der Waals surface area contributed by atoms with Crippen molar-refractivity contribution in [1.29, 1.82) is 0 Å². The minimum Gasteiger partial charge on any atom is -0.497 e. The molecule has 5 rings (SSSR count). The molecule has 1 saturated carbocycles. The molecule has 0 radical (unpaired) electrons. The maximum absolute atomic E-state index is 14.6. The molecule has 1 aliphatic rings. The molecule has 0 saturated heterocycles. The number of benzene rings is 4. The summed E-state index contributed by atoms with van der Waals surface area (Å²) in [5, 5.41) is 3.21. The average Bonchev–Trinajstić information content (AvgIpc) is 3.10. The number of carbonyl (C=O) groups excluding carboxylic acids is 2. The van der Waals surface area contributed by atoms with Crippen LogP contribution in [0.3, 0.4) is 0 Å². The van der Waals surface area contributed by atoms with Gasteiger partial charge < -0.3 is 15.0 Å². The Hall–Kier alpha value is -4.70. The van der Waals surface area contributed by atoms with E-state index in [1.54, 1.807) is 0 Å². The molecule has 0 heterocycles. The van der Waals surface area contributed by atoms with Crippen LogP contribution in [0.1, 0.15) is 48.8 Å². The number of ether oxygens (including phenoxy) is 1. The second kappa shape index (κ2) is 15.9. The highest BCUT2D eigenvalue weighted by atomic mass is 32.2. The summed E-state index contributed by atoms with van der Waals surface area (Å²) < 4.78 is 48.5. The van der Waals surface area contributed by atoms with Crippen molar-refractivity contribution in [3.05, 3.63) is 126 Å². The number of methoxy groups -OCH3 is 1. The molecule has 0 aliphatic heterocycles. The molecule has 4 aromatic carbocycles. The van der Waals surface area contributed by atoms with Crippen molar-refractivity contribution in [3.63, 3.8) is 0 Å². The zero-order valence-corrected chi connectivity index (χ0v) is 28.2. The number of hydrogen-bond acceptors (Lipinski definition) is 5. The van der Waals surface area contributed by atoms with Crippen molar-refractivity contribution in [2.75, 3.05) is 18.0 Å². The summed E-state index contributed by atoms with van der Waals surface area (Å²) in [6.07, 6.45) is 5.15. The second-order valence-corrected chi connectivity index (χ2v) is 14.1. The van der Waals surface area contributed by atoms with E-state index in [0.717, 1.165) is 65.2 Å². The number of nitrogens with one attached hydrogen (secondary N) is 1. The number of aryl methyl sites for hydroxylation is 1. The van der Waals surface area contributed by atoms with E-state index in [0.29, 0.717) is 5.75 Å². The van der Waals surface area contributed by atoms with Crippen molar-refractivity contribution in [2.45, 2.75) is 69.0 Å². The van der Waals surface area contributed by atoms with E-state index >= 15 is 0 Å². The number of amides is 2. The van der Waals surface area contributed by atoms with Gasteiger partial charge in [-0.2, -0.15) is 0 Å². The Morgan fingerprint density at radius 1 is 0.854 bits per heavy atom. The average molecular weight is 672 g/mol. The Kier molecular flexibility index (Phi) is 11.5. The predicted molar refractivity (Wildman–Crippen MR) is 185 cm³/mol. The first-order valence-corrected chi connectivity index (χ1v) is 17.7. The highest BCUT2D eigenvalue weighted by Gasteiger charge is 2.35. The minimum atomic E-state index is -4.32. The monoisotopic (exact) mass is 671 g/mol. The van der Waals surface area contributed by atoms with Gasteiger partial charge in [-0.25, -0.2) is 12.8 Å². The molecule has 1 aliphatic carbocycles. The van der Waals surface area contributed by atoms with Crippen molar-refractivity contribution < 1.29 is 27.1 Å². The lowest BCUT2D eigenvalue weighted by Crippen LogP contribution is -2.55. The van der Waals surface area contributed by atoms with E-state index in [9.17, 15) is 22.4 Å². The first-order chi connectivity index (χ1) is 23.1. The molecule has 1 N–H and O–H groups in total. The third-order valence-electron chi connectivity index (χ3n) is 8.74. The molecular formula is C38H42FN3O5S. The lowest BCUT2D eigenvalue weighted by atomic mass is 9.94. The highest BCUT2D eigenvalue weighted by molar-refractivity contribution is 7.92. The van der Waals surface area contributed by atoms with Gasteiger partial charge in [0.2, 0.25) is 11.8 Å². The third kappa shape index (κ3) is 8.80. The molecule has 0 aromatic heterocycles. The third-order valence-corrected chi connectivity index (χ3v) is 10.5. The summed E-state index contributed by atoms with van der Waals surface area (Å²) in [4.78, 5) is 30.2. The number of rotatable bonds is 13. The predicted octanol–water partition coefficient (Wildman–Crippen LogP) is 6.43. The maximum Gasteiger partial charge on any atom is 0.264 e. The van der Waals surface area contributed by atoms with E-state index in [2.05, 4.69) is 5.32 Å². The molecule has 1 fully saturated rings. The topological polar surface area (TPSA) is 96.0 Å². The largest absolute Gasteiger partial charge is 0.497 e. The van der Waals surface area contributed by atoms with Crippen LogP contribution in [0.4, 0.5) is 10.1 Å². The standard InChI is InChI=1S/C38H42FN3O5S/c1-28-13-15-30(16-14-28)26-41(36(25-29-9-5-3-6-10-29)38(44)40-32-11-7-4-8-12-32)37(43)27-42(33-19-17-31(39)18-20-33)48(45,46)35-23-21-34(47-2)22-24-35/h3,5-6,9-10,13-24,32,36H,4,7-8,11-12,25-27H2,1-2H3,(H,40,44)/t36-/m1/s1. The highest BCUT2D eigenvalue weighted by Crippen LogP contribution is 2.27. The summed E-state index contributed by atoms with van der Waals surface area (Å²) in [6.45, 7) is 1.43. The Labute approximate surface area is 282 Å². The number of anilines is 1. The van der Waals surface area contributed by atoms with Gasteiger partial charge in [-0.3, -0.25) is 13.9 Å². The Balaban J connectivity index is 1.55. The first-order valence-electron chi connectivity index (χ1n) is 16.3. The number of halogens is 1. The van der Waals surface area contributed by atoms with Crippen LogP contribution in [-0.4, -0.2) is 50.9 Å². The minimum absolute atomic E-state index is 0.00649. The van der Waals surface area contributed by atoms with Crippen LogP contribution >= 0.6 is 0 Å². The number of hydrogen-bond donors (Lipinski definition) is 1. The molecule has 4 aromatic rings. The van der Waals surface area contributed by atoms with Gasteiger partial charge in [0.05, 0.1) is 17.7 Å². The molecule has 8 nitrogen and oxygen atoms in total. The molecule has 10 heteroatoms. The van der Waals surface area contributed by atoms with Gasteiger partial charge in [0, 0.05) is 19.0 Å². The zero-order chi connectivity index (χ0) is 34.1. The normalized spacial score (nSPS) is 14.1. The van der Waals surface area contributed by atoms with Gasteiger partial charge >= 0.3 is 0 Å². The van der Waals surface area contributed by atoms with Gasteiger partial charge in [-0.15, -0.1) is 0 Å². The zero-order valence-electron chi connectivity index (χ0n) is 27.3. The van der Waals surface area contributed by atoms with Crippen molar-refractivity contribution in [2.24, 2.45) is 0 Å². The summed E-state index contributed by atoms with van der Waals surface area (Å²) in [6, 6.07) is 27.0. The summed E-state index contributed by atoms with van der Waals surface area (Å²) in [5.41, 5.74) is 2.82. The fourth-order valence-corrected chi connectivity index (χ4v) is 7.41. The maximum atomic E-state index is 14.6. The molecule has 0 spiro atoms. The smallest absolute Gasteiger partial charge is 0.264 e. The summed E-state index contributed by atoms with van der Waals surface area (Å²) >= 11 is 0. The molecule has 0 unspecified atom stereocenters. The van der Waals surface area contributed by atoms with E-state index in [-0.39, 0.29) is 35.5 Å². The van der Waals surface area contributed by atoms with Crippen LogP contribution in [0.2, 0.25) is 0 Å². The van der Waals surface area contributed by atoms with Gasteiger partial charge in [0.25, 0.3) is 10.0 Å².